The number of aliphatic hydroxyl groups is 1. The van der Waals surface area contributed by atoms with Crippen LogP contribution in [0.25, 0.3) is 10.9 Å². The number of imide groups is 1. The van der Waals surface area contributed by atoms with E-state index in [0.717, 1.165) is 0 Å². The number of carbonyl (C=O) groups excluding carboxylic acids is 2. The number of nitriles is 1. The summed E-state index contributed by atoms with van der Waals surface area (Å²) in [7, 11) is 0. The van der Waals surface area contributed by atoms with Gasteiger partial charge in [-0.2, -0.15) is 5.26 Å². The second-order valence-corrected chi connectivity index (χ2v) is 10.5. The first-order valence-corrected chi connectivity index (χ1v) is 12.4. The minimum absolute atomic E-state index is 0. The average molecular weight is 535 g/mol. The Balaban J connectivity index is 0.00000294. The number of aromatic nitrogens is 2. The summed E-state index contributed by atoms with van der Waals surface area (Å²) in [6.45, 7) is 3.75. The van der Waals surface area contributed by atoms with Gasteiger partial charge in [0.05, 0.1) is 51.9 Å². The number of carbonyl (C=O) groups is 2. The van der Waals surface area contributed by atoms with E-state index in [4.69, 9.17) is 21.1 Å². The molecule has 196 valence electrons. The molecule has 2 aromatic heterocycles. The van der Waals surface area contributed by atoms with Gasteiger partial charge in [0.2, 0.25) is 17.7 Å². The topological polar surface area (TPSA) is 126 Å². The fraction of sp³-hybridized carbons (Fsp3) is 0.393. The Bertz CT molecular complexity index is 1490. The predicted molar refractivity (Wildman–Crippen MR) is 139 cm³/mol. The third-order valence-electron chi connectivity index (χ3n) is 8.16. The van der Waals surface area contributed by atoms with Gasteiger partial charge in [0.25, 0.3) is 0 Å². The first-order chi connectivity index (χ1) is 17.7. The highest BCUT2D eigenvalue weighted by molar-refractivity contribution is 6.30. The quantitative estimate of drug-likeness (QED) is 0.488. The Morgan fingerprint density at radius 1 is 1.24 bits per heavy atom. The van der Waals surface area contributed by atoms with Crippen molar-refractivity contribution in [2.24, 2.45) is 17.8 Å². The largest absolute Gasteiger partial charge is 0.477 e. The maximum Gasteiger partial charge on any atom is 0.240 e. The van der Waals surface area contributed by atoms with Gasteiger partial charge in [-0.05, 0) is 37.3 Å². The summed E-state index contributed by atoms with van der Waals surface area (Å²) in [5.74, 6) is -2.46. The molecule has 1 N–H and O–H groups in total. The minimum Gasteiger partial charge on any atom is -0.477 e. The molecule has 3 fully saturated rings. The third kappa shape index (κ3) is 3.44. The highest BCUT2D eigenvalue weighted by Crippen LogP contribution is 2.63. The molecule has 0 spiro atoms. The van der Waals surface area contributed by atoms with Crippen LogP contribution in [0.4, 0.5) is 5.69 Å². The Morgan fingerprint density at radius 2 is 2.00 bits per heavy atom. The summed E-state index contributed by atoms with van der Waals surface area (Å²) in [5, 5.41) is 21.6. The number of benzene rings is 1. The highest BCUT2D eigenvalue weighted by Gasteiger charge is 2.78. The van der Waals surface area contributed by atoms with E-state index >= 15 is 0 Å². The van der Waals surface area contributed by atoms with Crippen LogP contribution in [0.2, 0.25) is 5.02 Å². The number of hydrogen-bond acceptors (Lipinski definition) is 8. The van der Waals surface area contributed by atoms with Gasteiger partial charge in [-0.25, -0.2) is 9.88 Å². The molecule has 3 saturated heterocycles. The van der Waals surface area contributed by atoms with E-state index < -0.39 is 41.0 Å². The number of hydrogen-bond donors (Lipinski definition) is 1. The maximum atomic E-state index is 14.0. The van der Waals surface area contributed by atoms with E-state index in [0.29, 0.717) is 33.1 Å². The SMILES string of the molecule is C.CC(COc1ccc(Cl)cn1)C12C[C@H](O)C(C)(O1)[C@@H]1C(=O)N(c3ccc(C#N)c4ncccc34)C(=O)[C@@H]12. The number of pyridine rings is 2. The maximum absolute atomic E-state index is 14.0. The lowest BCUT2D eigenvalue weighted by Crippen LogP contribution is -2.52. The number of anilines is 1. The standard InChI is InChI=1S/C27H23ClN4O5.CH4/c1-14(13-36-20-8-6-16(28)12-31-20)27-10-19(33)26(2,37-27)21-22(27)25(35)32(24(21)34)18-7-5-15(11-29)23-17(18)4-3-9-30-23;/h3-9,12,14,19,21-22,33H,10,13H2,1-2H3;1H4/t14?,19-,21-,22+,26?,27?;/m0./s1. The van der Waals surface area contributed by atoms with Crippen LogP contribution in [0.5, 0.6) is 5.88 Å². The van der Waals surface area contributed by atoms with Crippen molar-refractivity contribution in [3.63, 3.8) is 0 Å². The van der Waals surface area contributed by atoms with Crippen molar-refractivity contribution in [1.82, 2.24) is 9.97 Å². The molecular weight excluding hydrogens is 508 g/mol. The summed E-state index contributed by atoms with van der Waals surface area (Å²) in [5.41, 5.74) is -1.19. The van der Waals surface area contributed by atoms with Crippen molar-refractivity contribution >= 4 is 40.0 Å². The lowest BCUT2D eigenvalue weighted by Gasteiger charge is -2.37. The van der Waals surface area contributed by atoms with Crippen molar-refractivity contribution in [2.75, 3.05) is 11.5 Å². The summed E-state index contributed by atoms with van der Waals surface area (Å²) in [4.78, 5) is 37.6. The molecule has 3 aromatic rings. The van der Waals surface area contributed by atoms with Crippen molar-refractivity contribution in [2.45, 2.75) is 45.0 Å². The Kier molecular flexibility index (Phi) is 6.18. The van der Waals surface area contributed by atoms with Crippen LogP contribution in [-0.4, -0.2) is 50.8 Å². The zero-order valence-corrected chi connectivity index (χ0v) is 20.8. The number of ether oxygens (including phenoxy) is 2. The van der Waals surface area contributed by atoms with E-state index in [1.807, 2.05) is 6.92 Å². The second-order valence-electron chi connectivity index (χ2n) is 10.1. The molecule has 10 heteroatoms. The number of amides is 2. The molecule has 3 aliphatic heterocycles. The van der Waals surface area contributed by atoms with E-state index in [2.05, 4.69) is 16.0 Å². The Labute approximate surface area is 225 Å². The Hall–Kier alpha value is -3.58. The fourth-order valence-corrected chi connectivity index (χ4v) is 6.42. The van der Waals surface area contributed by atoms with Gasteiger partial charge in [-0.1, -0.05) is 26.0 Å². The number of rotatable bonds is 5. The van der Waals surface area contributed by atoms with Crippen molar-refractivity contribution in [3.05, 3.63) is 59.4 Å². The monoisotopic (exact) mass is 534 g/mol. The minimum atomic E-state index is -1.22. The van der Waals surface area contributed by atoms with Crippen LogP contribution in [-0.2, 0) is 14.3 Å². The molecule has 38 heavy (non-hydrogen) atoms. The second kappa shape index (κ2) is 9.02. The molecule has 9 nitrogen and oxygen atoms in total. The molecular formula is C28H27ClN4O5. The normalized spacial score (nSPS) is 30.2. The van der Waals surface area contributed by atoms with Gasteiger partial charge >= 0.3 is 0 Å². The van der Waals surface area contributed by atoms with E-state index in [1.165, 1.54) is 11.1 Å². The molecule has 6 rings (SSSR count). The van der Waals surface area contributed by atoms with Crippen LogP contribution < -0.4 is 9.64 Å². The number of aliphatic hydroxyl groups excluding tert-OH is 1. The lowest BCUT2D eigenvalue weighted by atomic mass is 9.63. The molecule has 3 unspecified atom stereocenters. The van der Waals surface area contributed by atoms with Crippen LogP contribution in [0.15, 0.2) is 48.8 Å². The van der Waals surface area contributed by atoms with E-state index in [9.17, 15) is 20.0 Å². The zero-order chi connectivity index (χ0) is 26.1. The number of nitrogens with zero attached hydrogens (tertiary/aromatic N) is 4. The summed E-state index contributed by atoms with van der Waals surface area (Å²) in [6.07, 6.45) is 2.31. The number of halogens is 1. The summed E-state index contributed by atoms with van der Waals surface area (Å²) < 4.78 is 12.3. The van der Waals surface area contributed by atoms with Crippen LogP contribution in [0.3, 0.4) is 0 Å². The molecule has 3 aliphatic rings. The smallest absolute Gasteiger partial charge is 0.240 e. The fourth-order valence-electron chi connectivity index (χ4n) is 6.31. The molecule has 0 saturated carbocycles. The molecule has 6 atom stereocenters. The van der Waals surface area contributed by atoms with Gasteiger partial charge in [0, 0.05) is 36.2 Å². The zero-order valence-electron chi connectivity index (χ0n) is 20.1. The van der Waals surface area contributed by atoms with Crippen LogP contribution in [0.1, 0.15) is 33.3 Å². The first kappa shape index (κ1) is 26.0. The van der Waals surface area contributed by atoms with Gasteiger partial charge in [0.15, 0.2) is 0 Å². The van der Waals surface area contributed by atoms with E-state index in [1.54, 1.807) is 49.5 Å². The van der Waals surface area contributed by atoms with Crippen molar-refractivity contribution in [1.29, 1.82) is 5.26 Å². The molecule has 0 aliphatic carbocycles. The summed E-state index contributed by atoms with van der Waals surface area (Å²) in [6, 6.07) is 12.0. The Morgan fingerprint density at radius 3 is 2.71 bits per heavy atom. The molecule has 0 radical (unpaired) electrons. The predicted octanol–water partition coefficient (Wildman–Crippen LogP) is 3.90. The lowest BCUT2D eigenvalue weighted by molar-refractivity contribution is -0.138. The van der Waals surface area contributed by atoms with Crippen LogP contribution >= 0.6 is 11.6 Å². The van der Waals surface area contributed by atoms with Crippen LogP contribution in [0, 0.1) is 29.1 Å². The third-order valence-corrected chi connectivity index (χ3v) is 8.38. The van der Waals surface area contributed by atoms with Gasteiger partial charge in [0.1, 0.15) is 11.7 Å². The van der Waals surface area contributed by atoms with Crippen molar-refractivity contribution in [3.8, 4) is 11.9 Å². The molecule has 5 heterocycles. The van der Waals surface area contributed by atoms with Gasteiger partial charge in [-0.15, -0.1) is 0 Å². The first-order valence-electron chi connectivity index (χ1n) is 12.0. The van der Waals surface area contributed by atoms with E-state index in [-0.39, 0.29) is 26.4 Å². The molecule has 2 bridgehead atoms. The molecule has 1 aromatic carbocycles. The number of fused-ring (bicyclic) bond motifs is 6. The van der Waals surface area contributed by atoms with Crippen molar-refractivity contribution < 1.29 is 24.2 Å². The molecule has 2 amide bonds. The van der Waals surface area contributed by atoms with Gasteiger partial charge < -0.3 is 14.6 Å². The van der Waals surface area contributed by atoms with Gasteiger partial charge in [-0.3, -0.25) is 14.6 Å². The average Bonchev–Trinajstić information content (AvgIpc) is 3.44. The highest BCUT2D eigenvalue weighted by atomic mass is 35.5. The summed E-state index contributed by atoms with van der Waals surface area (Å²) >= 11 is 5.91.